The van der Waals surface area contributed by atoms with E-state index in [4.69, 9.17) is 11.6 Å². The van der Waals surface area contributed by atoms with Crippen LogP contribution in [0, 0.1) is 6.92 Å². The highest BCUT2D eigenvalue weighted by Gasteiger charge is 2.17. The van der Waals surface area contributed by atoms with Crippen LogP contribution in [0.15, 0.2) is 24.4 Å². The number of hydrogen-bond donors (Lipinski definition) is 2. The van der Waals surface area contributed by atoms with E-state index in [2.05, 4.69) is 20.0 Å². The summed E-state index contributed by atoms with van der Waals surface area (Å²) >= 11 is 5.73. The Hall–Kier alpha value is -2.34. The van der Waals surface area contributed by atoms with Gasteiger partial charge in [0.25, 0.3) is 5.91 Å². The summed E-state index contributed by atoms with van der Waals surface area (Å²) in [4.78, 5) is 30.3. The van der Waals surface area contributed by atoms with Crippen LogP contribution in [0.5, 0.6) is 0 Å². The fourth-order valence-corrected chi connectivity index (χ4v) is 1.86. The van der Waals surface area contributed by atoms with Crippen molar-refractivity contribution in [1.82, 2.24) is 9.97 Å². The Morgan fingerprint density at radius 2 is 2.15 bits per heavy atom. The van der Waals surface area contributed by atoms with Crippen LogP contribution in [0.2, 0.25) is 5.15 Å². The number of ether oxygens (including phenoxy) is 1. The number of anilines is 1. The van der Waals surface area contributed by atoms with E-state index in [1.807, 2.05) is 0 Å². The SMILES string of the molecule is COC(=O)c1[nH]c(C)cc1NC(=O)c1ccnc(Cl)c1. The van der Waals surface area contributed by atoms with E-state index in [0.29, 0.717) is 11.3 Å². The second-order valence-corrected chi connectivity index (χ2v) is 4.44. The summed E-state index contributed by atoms with van der Waals surface area (Å²) < 4.78 is 4.64. The van der Waals surface area contributed by atoms with E-state index in [1.165, 1.54) is 25.4 Å². The first-order valence-electron chi connectivity index (χ1n) is 5.72. The molecule has 2 aromatic rings. The second-order valence-electron chi connectivity index (χ2n) is 4.05. The van der Waals surface area contributed by atoms with Crippen LogP contribution in [0.25, 0.3) is 0 Å². The number of esters is 1. The van der Waals surface area contributed by atoms with E-state index in [0.717, 1.165) is 5.69 Å². The summed E-state index contributed by atoms with van der Waals surface area (Å²) in [6, 6.07) is 4.61. The van der Waals surface area contributed by atoms with Crippen LogP contribution in [0.1, 0.15) is 26.5 Å². The zero-order valence-electron chi connectivity index (χ0n) is 10.9. The van der Waals surface area contributed by atoms with E-state index >= 15 is 0 Å². The molecule has 0 spiro atoms. The zero-order chi connectivity index (χ0) is 14.7. The fraction of sp³-hybridized carbons (Fsp3) is 0.154. The number of nitrogens with zero attached hydrogens (tertiary/aromatic N) is 1. The number of amides is 1. The Morgan fingerprint density at radius 1 is 1.40 bits per heavy atom. The summed E-state index contributed by atoms with van der Waals surface area (Å²) in [5.74, 6) is -0.945. The first-order chi connectivity index (χ1) is 9.51. The van der Waals surface area contributed by atoms with Gasteiger partial charge in [-0.05, 0) is 25.1 Å². The van der Waals surface area contributed by atoms with Gasteiger partial charge in [0.2, 0.25) is 0 Å². The smallest absolute Gasteiger partial charge is 0.356 e. The van der Waals surface area contributed by atoms with E-state index in [1.54, 1.807) is 13.0 Å². The maximum Gasteiger partial charge on any atom is 0.356 e. The van der Waals surface area contributed by atoms with Crippen molar-refractivity contribution in [2.24, 2.45) is 0 Å². The number of carbonyl (C=O) groups is 2. The number of halogens is 1. The predicted molar refractivity (Wildman–Crippen MR) is 74.1 cm³/mol. The molecule has 2 N–H and O–H groups in total. The molecule has 2 rings (SSSR count). The number of pyridine rings is 1. The lowest BCUT2D eigenvalue weighted by Crippen LogP contribution is -2.14. The van der Waals surface area contributed by atoms with Crippen LogP contribution in [-0.2, 0) is 4.74 Å². The average Bonchev–Trinajstić information content (AvgIpc) is 2.78. The average molecular weight is 294 g/mol. The first-order valence-corrected chi connectivity index (χ1v) is 6.10. The normalized spacial score (nSPS) is 10.2. The molecule has 2 heterocycles. The lowest BCUT2D eigenvalue weighted by atomic mass is 10.2. The standard InChI is InChI=1S/C13H12ClN3O3/c1-7-5-9(11(16-7)13(19)20-2)17-12(18)8-3-4-15-10(14)6-8/h3-6,16H,1-2H3,(H,17,18). The highest BCUT2D eigenvalue weighted by molar-refractivity contribution is 6.29. The molecule has 0 atom stereocenters. The maximum atomic E-state index is 12.1. The van der Waals surface area contributed by atoms with Crippen molar-refractivity contribution < 1.29 is 14.3 Å². The van der Waals surface area contributed by atoms with Crippen molar-refractivity contribution in [3.05, 3.63) is 46.5 Å². The molecule has 7 heteroatoms. The number of H-pyrrole nitrogens is 1. The molecular formula is C13H12ClN3O3. The second kappa shape index (κ2) is 5.75. The molecule has 0 bridgehead atoms. The third-order valence-corrected chi connectivity index (χ3v) is 2.79. The molecule has 0 aliphatic heterocycles. The number of aromatic nitrogens is 2. The van der Waals surface area contributed by atoms with Crippen molar-refractivity contribution in [2.75, 3.05) is 12.4 Å². The van der Waals surface area contributed by atoms with Gasteiger partial charge in [-0.15, -0.1) is 0 Å². The van der Waals surface area contributed by atoms with Gasteiger partial charge in [-0.1, -0.05) is 11.6 Å². The highest BCUT2D eigenvalue weighted by Crippen LogP contribution is 2.19. The van der Waals surface area contributed by atoms with Crippen LogP contribution >= 0.6 is 11.6 Å². The Kier molecular flexibility index (Phi) is 4.05. The van der Waals surface area contributed by atoms with Gasteiger partial charge in [0, 0.05) is 17.5 Å². The van der Waals surface area contributed by atoms with Gasteiger partial charge in [0.15, 0.2) is 0 Å². The van der Waals surface area contributed by atoms with Gasteiger partial charge < -0.3 is 15.0 Å². The third-order valence-electron chi connectivity index (χ3n) is 2.58. The van der Waals surface area contributed by atoms with Crippen LogP contribution in [0.4, 0.5) is 5.69 Å². The molecule has 0 unspecified atom stereocenters. The summed E-state index contributed by atoms with van der Waals surface area (Å²) in [5.41, 5.74) is 1.62. The maximum absolute atomic E-state index is 12.1. The van der Waals surface area contributed by atoms with Crippen LogP contribution in [0.3, 0.4) is 0 Å². The van der Waals surface area contributed by atoms with E-state index in [-0.39, 0.29) is 10.8 Å². The summed E-state index contributed by atoms with van der Waals surface area (Å²) in [6.07, 6.45) is 1.43. The van der Waals surface area contributed by atoms with Crippen molar-refractivity contribution in [2.45, 2.75) is 6.92 Å². The minimum Gasteiger partial charge on any atom is -0.464 e. The summed E-state index contributed by atoms with van der Waals surface area (Å²) in [6.45, 7) is 1.77. The number of carbonyl (C=O) groups excluding carboxylic acids is 2. The summed E-state index contributed by atoms with van der Waals surface area (Å²) in [5, 5.41) is 2.85. The molecular weight excluding hydrogens is 282 g/mol. The Morgan fingerprint density at radius 3 is 2.80 bits per heavy atom. The number of aromatic amines is 1. The highest BCUT2D eigenvalue weighted by atomic mass is 35.5. The van der Waals surface area contributed by atoms with Gasteiger partial charge in [0.1, 0.15) is 10.8 Å². The molecule has 0 aromatic carbocycles. The number of rotatable bonds is 3. The largest absolute Gasteiger partial charge is 0.464 e. The van der Waals surface area contributed by atoms with E-state index in [9.17, 15) is 9.59 Å². The molecule has 0 saturated heterocycles. The molecule has 104 valence electrons. The van der Waals surface area contributed by atoms with Crippen molar-refractivity contribution in [1.29, 1.82) is 0 Å². The van der Waals surface area contributed by atoms with Gasteiger partial charge in [-0.25, -0.2) is 9.78 Å². The Balaban J connectivity index is 2.26. The number of hydrogen-bond acceptors (Lipinski definition) is 4. The quantitative estimate of drug-likeness (QED) is 0.672. The van der Waals surface area contributed by atoms with Gasteiger partial charge in [-0.2, -0.15) is 0 Å². The predicted octanol–water partition coefficient (Wildman–Crippen LogP) is 2.41. The first kappa shape index (κ1) is 14.1. The Bertz CT molecular complexity index is 667. The molecule has 20 heavy (non-hydrogen) atoms. The molecule has 0 fully saturated rings. The van der Waals surface area contributed by atoms with Crippen LogP contribution < -0.4 is 5.32 Å². The monoisotopic (exact) mass is 293 g/mol. The molecule has 1 amide bonds. The lowest BCUT2D eigenvalue weighted by molar-refractivity contribution is 0.0596. The van der Waals surface area contributed by atoms with Crippen molar-refractivity contribution in [3.8, 4) is 0 Å². The van der Waals surface area contributed by atoms with Gasteiger partial charge in [0.05, 0.1) is 12.8 Å². The molecule has 0 aliphatic rings. The molecule has 2 aromatic heterocycles. The topological polar surface area (TPSA) is 84.1 Å². The van der Waals surface area contributed by atoms with Crippen molar-refractivity contribution in [3.63, 3.8) is 0 Å². The van der Waals surface area contributed by atoms with Crippen molar-refractivity contribution >= 4 is 29.2 Å². The van der Waals surface area contributed by atoms with E-state index < -0.39 is 11.9 Å². The van der Waals surface area contributed by atoms with Crippen LogP contribution in [-0.4, -0.2) is 29.0 Å². The summed E-state index contributed by atoms with van der Waals surface area (Å²) in [7, 11) is 1.27. The van der Waals surface area contributed by atoms with Gasteiger partial charge >= 0.3 is 5.97 Å². The Labute approximate surface area is 120 Å². The zero-order valence-corrected chi connectivity index (χ0v) is 11.6. The number of nitrogens with one attached hydrogen (secondary N) is 2. The minimum absolute atomic E-state index is 0.193. The fourth-order valence-electron chi connectivity index (χ4n) is 1.69. The number of methoxy groups -OCH3 is 1. The molecule has 0 radical (unpaired) electrons. The molecule has 6 nitrogen and oxygen atoms in total. The lowest BCUT2D eigenvalue weighted by Gasteiger charge is -2.05. The third kappa shape index (κ3) is 2.97. The van der Waals surface area contributed by atoms with Gasteiger partial charge in [-0.3, -0.25) is 4.79 Å². The minimum atomic E-state index is -0.554. The molecule has 0 saturated carbocycles. The number of aryl methyl sites for hydroxylation is 1. The molecule has 0 aliphatic carbocycles.